The van der Waals surface area contributed by atoms with Crippen molar-refractivity contribution < 1.29 is 5.11 Å². The van der Waals surface area contributed by atoms with Crippen molar-refractivity contribution in [1.82, 2.24) is 9.97 Å². The lowest BCUT2D eigenvalue weighted by Gasteiger charge is -1.99. The number of aliphatic hydroxyl groups is 1. The Hall–Kier alpha value is -0.610. The van der Waals surface area contributed by atoms with Gasteiger partial charge in [-0.3, -0.25) is 0 Å². The predicted octanol–water partition coefficient (Wildman–Crippen LogP) is 0.691. The van der Waals surface area contributed by atoms with Gasteiger partial charge in [0.15, 0.2) is 0 Å². The van der Waals surface area contributed by atoms with Gasteiger partial charge in [-0.1, -0.05) is 0 Å². The van der Waals surface area contributed by atoms with Crippen LogP contribution >= 0.6 is 11.8 Å². The van der Waals surface area contributed by atoms with Crippen molar-refractivity contribution in [3.63, 3.8) is 0 Å². The van der Waals surface area contributed by atoms with Crippen LogP contribution in [0.15, 0.2) is 17.6 Å². The summed E-state index contributed by atoms with van der Waals surface area (Å²) in [5.74, 6) is 0. The van der Waals surface area contributed by atoms with Gasteiger partial charge in [0.2, 0.25) is 0 Å². The van der Waals surface area contributed by atoms with Gasteiger partial charge in [0.1, 0.15) is 11.4 Å². The van der Waals surface area contributed by atoms with Crippen LogP contribution in [0.1, 0.15) is 5.56 Å². The molecule has 1 N–H and O–H groups in total. The van der Waals surface area contributed by atoms with E-state index < -0.39 is 0 Å². The highest BCUT2D eigenvalue weighted by Gasteiger charge is 1.98. The van der Waals surface area contributed by atoms with E-state index in [1.54, 1.807) is 6.20 Å². The Bertz CT molecular complexity index is 194. The SMILES string of the molecule is CSc1ncncc1CO. The third-order valence-corrected chi connectivity index (χ3v) is 1.86. The lowest BCUT2D eigenvalue weighted by molar-refractivity contribution is 0.277. The van der Waals surface area contributed by atoms with Crippen LogP contribution < -0.4 is 0 Å². The fraction of sp³-hybridized carbons (Fsp3) is 0.333. The summed E-state index contributed by atoms with van der Waals surface area (Å²) in [6, 6.07) is 0. The molecule has 0 aliphatic heterocycles. The van der Waals surface area contributed by atoms with E-state index in [1.165, 1.54) is 18.1 Å². The molecule has 0 aromatic carbocycles. The molecule has 1 heterocycles. The van der Waals surface area contributed by atoms with Gasteiger partial charge in [-0.05, 0) is 6.26 Å². The van der Waals surface area contributed by atoms with Gasteiger partial charge in [-0.25, -0.2) is 9.97 Å². The van der Waals surface area contributed by atoms with Gasteiger partial charge in [0.25, 0.3) is 0 Å². The lowest BCUT2D eigenvalue weighted by Crippen LogP contribution is -1.91. The van der Waals surface area contributed by atoms with E-state index in [-0.39, 0.29) is 6.61 Å². The van der Waals surface area contributed by atoms with Crippen LogP contribution in [-0.2, 0) is 6.61 Å². The number of thioether (sulfide) groups is 1. The van der Waals surface area contributed by atoms with Crippen molar-refractivity contribution >= 4 is 11.8 Å². The molecule has 0 aliphatic rings. The van der Waals surface area contributed by atoms with Gasteiger partial charge >= 0.3 is 0 Å². The molecule has 0 aliphatic carbocycles. The maximum atomic E-state index is 8.76. The molecule has 0 unspecified atom stereocenters. The second-order valence-electron chi connectivity index (χ2n) is 1.72. The van der Waals surface area contributed by atoms with E-state index >= 15 is 0 Å². The molecule has 0 fully saturated rings. The first-order valence-corrected chi connectivity index (χ1v) is 4.04. The third-order valence-electron chi connectivity index (χ3n) is 1.11. The molecular formula is C6H8N2OS. The number of aliphatic hydroxyl groups excluding tert-OH is 1. The van der Waals surface area contributed by atoms with E-state index in [0.717, 1.165) is 10.6 Å². The fourth-order valence-corrected chi connectivity index (χ4v) is 1.17. The van der Waals surface area contributed by atoms with Crippen LogP contribution in [0.25, 0.3) is 0 Å². The molecule has 0 saturated heterocycles. The normalized spacial score (nSPS) is 9.80. The van der Waals surface area contributed by atoms with E-state index in [0.29, 0.717) is 0 Å². The van der Waals surface area contributed by atoms with Crippen LogP contribution in [0.4, 0.5) is 0 Å². The molecule has 1 aromatic heterocycles. The molecule has 10 heavy (non-hydrogen) atoms. The van der Waals surface area contributed by atoms with E-state index in [1.807, 2.05) is 6.26 Å². The van der Waals surface area contributed by atoms with Gasteiger partial charge in [0.05, 0.1) is 6.61 Å². The number of rotatable bonds is 2. The maximum absolute atomic E-state index is 8.76. The minimum absolute atomic E-state index is 0.0109. The van der Waals surface area contributed by atoms with Crippen LogP contribution in [0, 0.1) is 0 Å². The van der Waals surface area contributed by atoms with Crippen LogP contribution in [0.3, 0.4) is 0 Å². The zero-order valence-electron chi connectivity index (χ0n) is 5.61. The van der Waals surface area contributed by atoms with Crippen LogP contribution in [0.2, 0.25) is 0 Å². The summed E-state index contributed by atoms with van der Waals surface area (Å²) in [7, 11) is 0. The number of hydrogen-bond donors (Lipinski definition) is 1. The quantitative estimate of drug-likeness (QED) is 0.505. The largest absolute Gasteiger partial charge is 0.392 e. The standard InChI is InChI=1S/C6H8N2OS/c1-10-6-5(3-9)2-7-4-8-6/h2,4,9H,3H2,1H3. The molecule has 0 spiro atoms. The van der Waals surface area contributed by atoms with E-state index in [4.69, 9.17) is 5.11 Å². The highest BCUT2D eigenvalue weighted by Crippen LogP contribution is 2.14. The van der Waals surface area contributed by atoms with E-state index in [2.05, 4.69) is 9.97 Å². The van der Waals surface area contributed by atoms with Crippen molar-refractivity contribution in [3.05, 3.63) is 18.1 Å². The maximum Gasteiger partial charge on any atom is 0.116 e. The topological polar surface area (TPSA) is 46.0 Å². The van der Waals surface area contributed by atoms with Gasteiger partial charge in [-0.2, -0.15) is 0 Å². The summed E-state index contributed by atoms with van der Waals surface area (Å²) < 4.78 is 0. The van der Waals surface area contributed by atoms with E-state index in [9.17, 15) is 0 Å². The Morgan fingerprint density at radius 3 is 3.00 bits per heavy atom. The summed E-state index contributed by atoms with van der Waals surface area (Å²) in [6.07, 6.45) is 5.02. The molecular weight excluding hydrogens is 148 g/mol. The molecule has 3 nitrogen and oxygen atoms in total. The number of nitrogens with zero attached hydrogens (tertiary/aromatic N) is 2. The van der Waals surface area contributed by atoms with Crippen LogP contribution in [0.5, 0.6) is 0 Å². The van der Waals surface area contributed by atoms with Gasteiger partial charge < -0.3 is 5.11 Å². The number of hydrogen-bond acceptors (Lipinski definition) is 4. The van der Waals surface area contributed by atoms with Crippen molar-refractivity contribution in [3.8, 4) is 0 Å². The Balaban J connectivity index is 2.96. The molecule has 0 radical (unpaired) electrons. The monoisotopic (exact) mass is 156 g/mol. The highest BCUT2D eigenvalue weighted by molar-refractivity contribution is 7.98. The molecule has 0 amide bonds. The van der Waals surface area contributed by atoms with Crippen molar-refractivity contribution in [2.24, 2.45) is 0 Å². The summed E-state index contributed by atoms with van der Waals surface area (Å²) in [6.45, 7) is 0.0109. The zero-order valence-corrected chi connectivity index (χ0v) is 6.43. The molecule has 1 rings (SSSR count). The third kappa shape index (κ3) is 1.46. The summed E-state index contributed by atoms with van der Waals surface area (Å²) in [4.78, 5) is 7.74. The lowest BCUT2D eigenvalue weighted by atomic mass is 10.4. The van der Waals surface area contributed by atoms with Gasteiger partial charge in [-0.15, -0.1) is 11.8 Å². The Morgan fingerprint density at radius 1 is 1.70 bits per heavy atom. The molecule has 0 bridgehead atoms. The first-order chi connectivity index (χ1) is 4.88. The zero-order chi connectivity index (χ0) is 7.40. The molecule has 0 saturated carbocycles. The molecule has 1 aromatic rings. The number of aromatic nitrogens is 2. The fourth-order valence-electron chi connectivity index (χ4n) is 0.639. The Morgan fingerprint density at radius 2 is 2.50 bits per heavy atom. The molecule has 4 heteroatoms. The highest BCUT2D eigenvalue weighted by atomic mass is 32.2. The van der Waals surface area contributed by atoms with Crippen molar-refractivity contribution in [1.29, 1.82) is 0 Å². The summed E-state index contributed by atoms with van der Waals surface area (Å²) >= 11 is 1.51. The molecule has 54 valence electrons. The minimum Gasteiger partial charge on any atom is -0.392 e. The van der Waals surface area contributed by atoms with Crippen molar-refractivity contribution in [2.45, 2.75) is 11.6 Å². The predicted molar refractivity (Wildman–Crippen MR) is 39.7 cm³/mol. The second kappa shape index (κ2) is 3.53. The minimum atomic E-state index is 0.0109. The smallest absolute Gasteiger partial charge is 0.116 e. The van der Waals surface area contributed by atoms with Crippen molar-refractivity contribution in [2.75, 3.05) is 6.26 Å². The average Bonchev–Trinajstić information content (AvgIpc) is 2.04. The first-order valence-electron chi connectivity index (χ1n) is 2.82. The van der Waals surface area contributed by atoms with Gasteiger partial charge in [0, 0.05) is 11.8 Å². The first kappa shape index (κ1) is 7.50. The summed E-state index contributed by atoms with van der Waals surface area (Å²) in [5.41, 5.74) is 0.787. The Labute approximate surface area is 63.5 Å². The Kier molecular flexibility index (Phi) is 2.65. The second-order valence-corrected chi connectivity index (χ2v) is 2.51. The molecule has 0 atom stereocenters. The van der Waals surface area contributed by atoms with Crippen LogP contribution in [-0.4, -0.2) is 21.3 Å². The summed E-state index contributed by atoms with van der Waals surface area (Å²) in [5, 5.41) is 9.60. The average molecular weight is 156 g/mol.